The summed E-state index contributed by atoms with van der Waals surface area (Å²) in [6.07, 6.45) is 4.93. The van der Waals surface area contributed by atoms with E-state index in [1.807, 2.05) is 30.4 Å². The van der Waals surface area contributed by atoms with Gasteiger partial charge in [0.25, 0.3) is 0 Å². The molecule has 0 fully saturated rings. The highest BCUT2D eigenvalue weighted by atomic mass is 127. The summed E-state index contributed by atoms with van der Waals surface area (Å²) in [5.74, 6) is 4.34. The summed E-state index contributed by atoms with van der Waals surface area (Å²) >= 11 is 3.50. The summed E-state index contributed by atoms with van der Waals surface area (Å²) in [5.41, 5.74) is 0. The molecule has 2 aromatic rings. The van der Waals surface area contributed by atoms with E-state index >= 15 is 0 Å². The van der Waals surface area contributed by atoms with Crippen LogP contribution in [0.1, 0.15) is 44.3 Å². The molecular weight excluding hydrogens is 493 g/mol. The molecule has 0 spiro atoms. The van der Waals surface area contributed by atoms with E-state index < -0.39 is 0 Å². The van der Waals surface area contributed by atoms with Crippen molar-refractivity contribution >= 4 is 53.0 Å². The lowest BCUT2D eigenvalue weighted by molar-refractivity contribution is 0.391. The van der Waals surface area contributed by atoms with Crippen LogP contribution in [-0.2, 0) is 13.0 Å². The van der Waals surface area contributed by atoms with E-state index in [2.05, 4.69) is 49.2 Å². The van der Waals surface area contributed by atoms with Crippen LogP contribution in [0, 0.1) is 0 Å². The number of rotatable bonds is 7. The standard InChI is InChI=1S/C17H27N7S2.HI/c1-12(2)15-22-14-6-5-13(11-24(14)23-15)21-16(18-3)19-7-4-9-25-17-20-8-10-26-17;/h8,10,12-13H,4-7,9,11H2,1-3H3,(H2,18,19,21);1H. The predicted octanol–water partition coefficient (Wildman–Crippen LogP) is 3.14. The number of nitrogens with zero attached hydrogens (tertiary/aromatic N) is 5. The average Bonchev–Trinajstić information content (AvgIpc) is 3.29. The van der Waals surface area contributed by atoms with Crippen molar-refractivity contribution in [3.8, 4) is 0 Å². The van der Waals surface area contributed by atoms with E-state index in [-0.39, 0.29) is 24.0 Å². The van der Waals surface area contributed by atoms with Crippen LogP contribution in [0.2, 0.25) is 0 Å². The molecule has 2 aromatic heterocycles. The molecule has 0 aliphatic carbocycles. The summed E-state index contributed by atoms with van der Waals surface area (Å²) in [6.45, 7) is 6.01. The molecule has 1 atom stereocenters. The van der Waals surface area contributed by atoms with Crippen LogP contribution in [-0.4, -0.2) is 51.1 Å². The minimum atomic E-state index is 0. The zero-order valence-electron chi connectivity index (χ0n) is 16.0. The Balaban J connectivity index is 0.00000261. The fourth-order valence-corrected chi connectivity index (χ4v) is 4.45. The second kappa shape index (κ2) is 11.2. The van der Waals surface area contributed by atoms with Crippen LogP contribution in [0.3, 0.4) is 0 Å². The maximum Gasteiger partial charge on any atom is 0.191 e. The highest BCUT2D eigenvalue weighted by Gasteiger charge is 2.23. The number of nitrogens with one attached hydrogen (secondary N) is 2. The molecule has 27 heavy (non-hydrogen) atoms. The van der Waals surface area contributed by atoms with Gasteiger partial charge in [-0.2, -0.15) is 5.10 Å². The average molecular weight is 521 g/mol. The molecule has 0 saturated carbocycles. The van der Waals surface area contributed by atoms with Gasteiger partial charge < -0.3 is 10.6 Å². The van der Waals surface area contributed by atoms with Crippen LogP contribution in [0.4, 0.5) is 0 Å². The first kappa shape index (κ1) is 22.4. The van der Waals surface area contributed by atoms with Crippen molar-refractivity contribution in [3.05, 3.63) is 23.2 Å². The molecule has 2 N–H and O–H groups in total. The molecule has 0 aromatic carbocycles. The SMILES string of the molecule is CN=C(NCCCSc1nccs1)NC1CCc2nc(C(C)C)nn2C1.I. The van der Waals surface area contributed by atoms with Crippen molar-refractivity contribution in [1.82, 2.24) is 30.4 Å². The molecule has 1 unspecified atom stereocenters. The molecule has 0 amide bonds. The zero-order valence-corrected chi connectivity index (χ0v) is 20.0. The number of hydrogen-bond donors (Lipinski definition) is 2. The van der Waals surface area contributed by atoms with Gasteiger partial charge in [0.15, 0.2) is 11.8 Å². The Morgan fingerprint density at radius 1 is 1.48 bits per heavy atom. The second-order valence-corrected chi connectivity index (χ2v) is 8.84. The van der Waals surface area contributed by atoms with Gasteiger partial charge in [0.2, 0.25) is 0 Å². The minimum Gasteiger partial charge on any atom is -0.356 e. The van der Waals surface area contributed by atoms with Gasteiger partial charge in [0, 0.05) is 49.3 Å². The minimum absolute atomic E-state index is 0. The number of halogens is 1. The molecule has 0 saturated heterocycles. The maximum atomic E-state index is 4.65. The predicted molar refractivity (Wildman–Crippen MR) is 124 cm³/mol. The van der Waals surface area contributed by atoms with Gasteiger partial charge in [-0.3, -0.25) is 4.99 Å². The molecule has 150 valence electrons. The van der Waals surface area contributed by atoms with Crippen LogP contribution in [0.5, 0.6) is 0 Å². The third-order valence-corrected chi connectivity index (χ3v) is 6.26. The molecule has 0 bridgehead atoms. The fourth-order valence-electron chi connectivity index (χ4n) is 2.80. The van der Waals surface area contributed by atoms with Crippen LogP contribution in [0.25, 0.3) is 0 Å². The first-order valence-corrected chi connectivity index (χ1v) is 11.0. The van der Waals surface area contributed by atoms with Crippen molar-refractivity contribution < 1.29 is 0 Å². The first-order chi connectivity index (χ1) is 12.7. The van der Waals surface area contributed by atoms with Crippen LogP contribution >= 0.6 is 47.1 Å². The van der Waals surface area contributed by atoms with Gasteiger partial charge in [0.1, 0.15) is 10.2 Å². The summed E-state index contributed by atoms with van der Waals surface area (Å²) in [7, 11) is 1.82. The van der Waals surface area contributed by atoms with Crippen molar-refractivity contribution in [2.24, 2.45) is 4.99 Å². The van der Waals surface area contributed by atoms with Gasteiger partial charge in [-0.1, -0.05) is 25.6 Å². The van der Waals surface area contributed by atoms with E-state index in [1.54, 1.807) is 11.3 Å². The summed E-state index contributed by atoms with van der Waals surface area (Å²) in [5, 5.41) is 13.6. The summed E-state index contributed by atoms with van der Waals surface area (Å²) in [6, 6.07) is 0.333. The number of guanidine groups is 1. The Morgan fingerprint density at radius 2 is 2.33 bits per heavy atom. The number of hydrogen-bond acceptors (Lipinski definition) is 6. The van der Waals surface area contributed by atoms with Gasteiger partial charge >= 0.3 is 0 Å². The monoisotopic (exact) mass is 521 g/mol. The van der Waals surface area contributed by atoms with Crippen molar-refractivity contribution in [3.63, 3.8) is 0 Å². The Morgan fingerprint density at radius 3 is 3.04 bits per heavy atom. The molecule has 10 heteroatoms. The van der Waals surface area contributed by atoms with E-state index in [9.17, 15) is 0 Å². The molecular formula is C17H28IN7S2. The van der Waals surface area contributed by atoms with Crippen molar-refractivity contribution in [1.29, 1.82) is 0 Å². The van der Waals surface area contributed by atoms with Crippen LogP contribution in [0.15, 0.2) is 20.9 Å². The molecule has 1 aliphatic heterocycles. The quantitative estimate of drug-likeness (QED) is 0.192. The number of thiazole rings is 1. The number of aliphatic imine (C=N–C) groups is 1. The van der Waals surface area contributed by atoms with Crippen molar-refractivity contribution in [2.75, 3.05) is 19.3 Å². The van der Waals surface area contributed by atoms with Gasteiger partial charge in [-0.05, 0) is 12.8 Å². The van der Waals surface area contributed by atoms with E-state index in [4.69, 9.17) is 0 Å². The lowest BCUT2D eigenvalue weighted by Gasteiger charge is -2.25. The van der Waals surface area contributed by atoms with Crippen LogP contribution < -0.4 is 10.6 Å². The van der Waals surface area contributed by atoms with Gasteiger partial charge in [-0.15, -0.1) is 35.3 Å². The van der Waals surface area contributed by atoms with E-state index in [0.29, 0.717) is 12.0 Å². The third-order valence-electron chi connectivity index (χ3n) is 4.20. The van der Waals surface area contributed by atoms with E-state index in [1.165, 1.54) is 0 Å². The summed E-state index contributed by atoms with van der Waals surface area (Å²) < 4.78 is 3.19. The highest BCUT2D eigenvalue weighted by Crippen LogP contribution is 2.20. The number of aryl methyl sites for hydroxylation is 1. The summed E-state index contributed by atoms with van der Waals surface area (Å²) in [4.78, 5) is 13.3. The smallest absolute Gasteiger partial charge is 0.191 e. The molecule has 3 heterocycles. The van der Waals surface area contributed by atoms with Gasteiger partial charge in [-0.25, -0.2) is 14.6 Å². The lowest BCUT2D eigenvalue weighted by atomic mass is 10.1. The highest BCUT2D eigenvalue weighted by molar-refractivity contribution is 14.0. The van der Waals surface area contributed by atoms with Gasteiger partial charge in [0.05, 0.1) is 6.54 Å². The molecule has 7 nitrogen and oxygen atoms in total. The normalized spacial score (nSPS) is 16.7. The zero-order chi connectivity index (χ0) is 18.4. The topological polar surface area (TPSA) is 80.0 Å². The molecule has 0 radical (unpaired) electrons. The number of thioether (sulfide) groups is 1. The molecule has 3 rings (SSSR count). The second-order valence-electron chi connectivity index (χ2n) is 6.60. The first-order valence-electron chi connectivity index (χ1n) is 9.08. The largest absolute Gasteiger partial charge is 0.356 e. The number of aromatic nitrogens is 4. The lowest BCUT2D eigenvalue weighted by Crippen LogP contribution is -2.47. The Bertz CT molecular complexity index is 715. The van der Waals surface area contributed by atoms with E-state index in [0.717, 1.165) is 60.1 Å². The third kappa shape index (κ3) is 6.60. The Kier molecular flexibility index (Phi) is 9.30. The molecule has 1 aliphatic rings. The maximum absolute atomic E-state index is 4.65. The number of fused-ring (bicyclic) bond motifs is 1. The Labute approximate surface area is 186 Å². The fraction of sp³-hybridized carbons (Fsp3) is 0.647. The Hall–Kier alpha value is -0.880. The van der Waals surface area contributed by atoms with Crippen molar-refractivity contribution in [2.45, 2.75) is 56.0 Å².